The number of nitrogens with zero attached hydrogens (tertiary/aromatic N) is 1. The highest BCUT2D eigenvalue weighted by Gasteiger charge is 1.96. The molecule has 0 aliphatic carbocycles. The lowest BCUT2D eigenvalue weighted by Gasteiger charge is -2.12. The topological polar surface area (TPSA) is 29.5 Å². The van der Waals surface area contributed by atoms with Crippen molar-refractivity contribution in [3.05, 3.63) is 29.8 Å². The molecule has 0 amide bonds. The number of benzene rings is 1. The van der Waals surface area contributed by atoms with Crippen LogP contribution >= 0.6 is 0 Å². The van der Waals surface area contributed by atoms with Crippen LogP contribution in [-0.2, 0) is 16.0 Å². The van der Waals surface area contributed by atoms with E-state index in [2.05, 4.69) is 16.9 Å². The second kappa shape index (κ2) is 5.27. The predicted octanol–water partition coefficient (Wildman–Crippen LogP) is 1.47. The van der Waals surface area contributed by atoms with Gasteiger partial charge in [0.05, 0.1) is 6.61 Å². The van der Waals surface area contributed by atoms with E-state index in [-0.39, 0.29) is 0 Å². The number of anilines is 1. The molecule has 0 spiro atoms. The van der Waals surface area contributed by atoms with Crippen LogP contribution in [0.15, 0.2) is 24.3 Å². The van der Waals surface area contributed by atoms with Crippen molar-refractivity contribution in [3.63, 3.8) is 0 Å². The van der Waals surface area contributed by atoms with Crippen molar-refractivity contribution < 1.29 is 9.53 Å². The van der Waals surface area contributed by atoms with E-state index in [0.717, 1.165) is 6.42 Å². The summed E-state index contributed by atoms with van der Waals surface area (Å²) in [6.45, 7) is 0.930. The molecule has 76 valence electrons. The SMILES string of the molecule is CN(C)c1ccc(CCOC=O)cc1. The molecule has 1 rings (SSSR count). The van der Waals surface area contributed by atoms with Crippen LogP contribution < -0.4 is 4.90 Å². The van der Waals surface area contributed by atoms with Crippen LogP contribution in [0.25, 0.3) is 0 Å². The van der Waals surface area contributed by atoms with Crippen molar-refractivity contribution in [2.75, 3.05) is 25.6 Å². The number of carbonyl (C=O) groups excluding carboxylic acids is 1. The maximum Gasteiger partial charge on any atom is 0.293 e. The molecule has 14 heavy (non-hydrogen) atoms. The van der Waals surface area contributed by atoms with Crippen molar-refractivity contribution >= 4 is 12.2 Å². The van der Waals surface area contributed by atoms with E-state index in [1.807, 2.05) is 31.1 Å². The van der Waals surface area contributed by atoms with Gasteiger partial charge < -0.3 is 9.64 Å². The minimum absolute atomic E-state index is 0.449. The maximum atomic E-state index is 9.91. The first kappa shape index (κ1) is 10.6. The normalized spacial score (nSPS) is 9.57. The fourth-order valence-electron chi connectivity index (χ4n) is 1.19. The Morgan fingerprint density at radius 1 is 1.29 bits per heavy atom. The summed E-state index contributed by atoms with van der Waals surface area (Å²) in [5, 5.41) is 0. The standard InChI is InChI=1S/C11H15NO2/c1-12(2)11-5-3-10(4-6-11)7-8-14-9-13/h3-6,9H,7-8H2,1-2H3. The van der Waals surface area contributed by atoms with E-state index in [1.165, 1.54) is 11.3 Å². The average molecular weight is 193 g/mol. The smallest absolute Gasteiger partial charge is 0.293 e. The average Bonchev–Trinajstić information content (AvgIpc) is 2.19. The van der Waals surface area contributed by atoms with E-state index in [4.69, 9.17) is 0 Å². The van der Waals surface area contributed by atoms with Gasteiger partial charge in [0.15, 0.2) is 0 Å². The molecule has 3 nitrogen and oxygen atoms in total. The fourth-order valence-corrected chi connectivity index (χ4v) is 1.19. The van der Waals surface area contributed by atoms with Gasteiger partial charge in [-0.15, -0.1) is 0 Å². The van der Waals surface area contributed by atoms with Gasteiger partial charge in [-0.25, -0.2) is 0 Å². The first-order chi connectivity index (χ1) is 6.74. The largest absolute Gasteiger partial charge is 0.468 e. The zero-order valence-electron chi connectivity index (χ0n) is 8.56. The number of carbonyl (C=O) groups is 1. The zero-order valence-corrected chi connectivity index (χ0v) is 8.56. The highest BCUT2D eigenvalue weighted by atomic mass is 16.5. The molecule has 0 bridgehead atoms. The summed E-state index contributed by atoms with van der Waals surface area (Å²) < 4.78 is 4.62. The van der Waals surface area contributed by atoms with Gasteiger partial charge in [-0.3, -0.25) is 4.79 Å². The van der Waals surface area contributed by atoms with Crippen molar-refractivity contribution in [2.24, 2.45) is 0 Å². The molecule has 0 unspecified atom stereocenters. The highest BCUT2D eigenvalue weighted by Crippen LogP contribution is 2.12. The molecule has 1 aromatic carbocycles. The van der Waals surface area contributed by atoms with Gasteiger partial charge in [-0.1, -0.05) is 12.1 Å². The summed E-state index contributed by atoms with van der Waals surface area (Å²) in [4.78, 5) is 12.0. The van der Waals surface area contributed by atoms with Crippen LogP contribution in [0.5, 0.6) is 0 Å². The van der Waals surface area contributed by atoms with Crippen molar-refractivity contribution in [1.29, 1.82) is 0 Å². The Bertz CT molecular complexity index is 280. The molecule has 0 saturated carbocycles. The lowest BCUT2D eigenvalue weighted by Crippen LogP contribution is -2.08. The summed E-state index contributed by atoms with van der Waals surface area (Å²) in [7, 11) is 4.01. The van der Waals surface area contributed by atoms with E-state index in [0.29, 0.717) is 13.1 Å². The molecule has 0 radical (unpaired) electrons. The van der Waals surface area contributed by atoms with E-state index in [1.54, 1.807) is 0 Å². The van der Waals surface area contributed by atoms with Crippen molar-refractivity contribution in [1.82, 2.24) is 0 Å². The second-order valence-electron chi connectivity index (χ2n) is 3.28. The minimum Gasteiger partial charge on any atom is -0.468 e. The molecule has 0 fully saturated rings. The summed E-state index contributed by atoms with van der Waals surface area (Å²) in [5.74, 6) is 0. The molecule has 0 N–H and O–H groups in total. The van der Waals surface area contributed by atoms with Gasteiger partial charge in [0.1, 0.15) is 0 Å². The number of ether oxygens (including phenoxy) is 1. The third kappa shape index (κ3) is 3.09. The van der Waals surface area contributed by atoms with Gasteiger partial charge >= 0.3 is 0 Å². The Balaban J connectivity index is 2.51. The van der Waals surface area contributed by atoms with Crippen molar-refractivity contribution in [2.45, 2.75) is 6.42 Å². The molecular weight excluding hydrogens is 178 g/mol. The molecule has 0 heterocycles. The molecule has 3 heteroatoms. The Kier molecular flexibility index (Phi) is 3.98. The predicted molar refractivity (Wildman–Crippen MR) is 56.5 cm³/mol. The van der Waals surface area contributed by atoms with Crippen LogP contribution in [0.1, 0.15) is 5.56 Å². The summed E-state index contributed by atoms with van der Waals surface area (Å²) in [5.41, 5.74) is 2.35. The van der Waals surface area contributed by atoms with Gasteiger partial charge in [0.25, 0.3) is 6.47 Å². The molecule has 0 aliphatic heterocycles. The summed E-state index contributed by atoms with van der Waals surface area (Å²) >= 11 is 0. The molecular formula is C11H15NO2. The first-order valence-electron chi connectivity index (χ1n) is 4.55. The van der Waals surface area contributed by atoms with Gasteiger partial charge in [0.2, 0.25) is 0 Å². The van der Waals surface area contributed by atoms with E-state index < -0.39 is 0 Å². The highest BCUT2D eigenvalue weighted by molar-refractivity contribution is 5.46. The molecule has 1 aromatic rings. The summed E-state index contributed by atoms with van der Waals surface area (Å²) in [6.07, 6.45) is 0.770. The number of hydrogen-bond donors (Lipinski definition) is 0. The van der Waals surface area contributed by atoms with E-state index >= 15 is 0 Å². The van der Waals surface area contributed by atoms with Crippen molar-refractivity contribution in [3.8, 4) is 0 Å². The van der Waals surface area contributed by atoms with Gasteiger partial charge in [-0.05, 0) is 17.7 Å². The minimum atomic E-state index is 0.449. The van der Waals surface area contributed by atoms with E-state index in [9.17, 15) is 4.79 Å². The Labute approximate surface area is 84.3 Å². The Morgan fingerprint density at radius 2 is 1.93 bits per heavy atom. The number of rotatable bonds is 5. The van der Waals surface area contributed by atoms with Gasteiger partial charge in [-0.2, -0.15) is 0 Å². The fraction of sp³-hybridized carbons (Fsp3) is 0.364. The second-order valence-corrected chi connectivity index (χ2v) is 3.28. The van der Waals surface area contributed by atoms with Crippen LogP contribution in [0, 0.1) is 0 Å². The van der Waals surface area contributed by atoms with Crippen LogP contribution in [-0.4, -0.2) is 27.2 Å². The zero-order chi connectivity index (χ0) is 10.4. The maximum absolute atomic E-state index is 9.91. The molecule has 0 saturated heterocycles. The lowest BCUT2D eigenvalue weighted by atomic mass is 10.1. The Morgan fingerprint density at radius 3 is 2.43 bits per heavy atom. The third-order valence-corrected chi connectivity index (χ3v) is 2.03. The quantitative estimate of drug-likeness (QED) is 0.524. The Hall–Kier alpha value is -1.51. The summed E-state index contributed by atoms with van der Waals surface area (Å²) in [6, 6.07) is 8.19. The van der Waals surface area contributed by atoms with Crippen LogP contribution in [0.4, 0.5) is 5.69 Å². The third-order valence-electron chi connectivity index (χ3n) is 2.03. The monoisotopic (exact) mass is 193 g/mol. The van der Waals surface area contributed by atoms with Gasteiger partial charge in [0, 0.05) is 26.2 Å². The molecule has 0 aromatic heterocycles. The lowest BCUT2D eigenvalue weighted by molar-refractivity contribution is -0.128. The van der Waals surface area contributed by atoms with Crippen LogP contribution in [0.2, 0.25) is 0 Å². The molecule has 0 atom stereocenters. The van der Waals surface area contributed by atoms with Crippen LogP contribution in [0.3, 0.4) is 0 Å². The first-order valence-corrected chi connectivity index (χ1v) is 4.55. The number of hydrogen-bond acceptors (Lipinski definition) is 3. The molecule has 0 aliphatic rings.